The number of aryl methyl sites for hydroxylation is 1. The molecule has 0 saturated carbocycles. The van der Waals surface area contributed by atoms with Gasteiger partial charge in [0.2, 0.25) is 0 Å². The molecular weight excluding hydrogens is 416 g/mol. The minimum absolute atomic E-state index is 0.0559. The van der Waals surface area contributed by atoms with Gasteiger partial charge in [0.15, 0.2) is 5.69 Å². The fraction of sp³-hybridized carbons (Fsp3) is 0.261. The average Bonchev–Trinajstić information content (AvgIpc) is 3.29. The van der Waals surface area contributed by atoms with Crippen LogP contribution in [0.2, 0.25) is 5.02 Å². The number of rotatable bonds is 4. The minimum atomic E-state index is -0.149. The highest BCUT2D eigenvalue weighted by Gasteiger charge is 2.26. The first-order chi connectivity index (χ1) is 15.0. The van der Waals surface area contributed by atoms with E-state index >= 15 is 0 Å². The first-order valence-corrected chi connectivity index (χ1v) is 10.4. The van der Waals surface area contributed by atoms with Crippen LogP contribution in [0.4, 0.5) is 0 Å². The summed E-state index contributed by atoms with van der Waals surface area (Å²) in [5.74, 6) is 0.477. The number of methoxy groups -OCH3 is 1. The Hall–Kier alpha value is -3.32. The first-order valence-electron chi connectivity index (χ1n) is 10.0. The third kappa shape index (κ3) is 4.41. The van der Waals surface area contributed by atoms with Crippen LogP contribution in [-0.4, -0.2) is 64.7 Å². The highest BCUT2D eigenvalue weighted by Crippen LogP contribution is 2.24. The Bertz CT molecular complexity index is 1100. The molecule has 0 N–H and O–H groups in total. The van der Waals surface area contributed by atoms with Gasteiger partial charge in [-0.3, -0.25) is 9.59 Å². The number of carbonyl (C=O) groups excluding carboxylic acids is 2. The van der Waals surface area contributed by atoms with Crippen molar-refractivity contribution in [3.8, 4) is 11.4 Å². The molecule has 0 radical (unpaired) electrons. The molecule has 0 bridgehead atoms. The maximum atomic E-state index is 13.0. The lowest BCUT2D eigenvalue weighted by Crippen LogP contribution is -2.50. The van der Waals surface area contributed by atoms with Crippen molar-refractivity contribution in [2.45, 2.75) is 6.92 Å². The summed E-state index contributed by atoms with van der Waals surface area (Å²) in [6, 6.07) is 14.3. The standard InChI is InChI=1S/C23H23ClN4O3/c1-16-3-8-21(31-2)20(15-16)28-10-9-19(25-28)23(30)27-13-11-26(12-14-27)22(29)17-4-6-18(24)7-5-17/h3-10,15H,11-14H2,1-2H3. The normalized spacial score (nSPS) is 13.9. The van der Waals surface area contributed by atoms with Crippen LogP contribution in [0.3, 0.4) is 0 Å². The Labute approximate surface area is 185 Å². The lowest BCUT2D eigenvalue weighted by atomic mass is 10.2. The van der Waals surface area contributed by atoms with Crippen LogP contribution in [0.5, 0.6) is 5.75 Å². The van der Waals surface area contributed by atoms with Crippen LogP contribution in [0, 0.1) is 6.92 Å². The van der Waals surface area contributed by atoms with E-state index in [1.165, 1.54) is 0 Å². The highest BCUT2D eigenvalue weighted by molar-refractivity contribution is 6.30. The Morgan fingerprint density at radius 3 is 2.23 bits per heavy atom. The molecule has 8 heteroatoms. The van der Waals surface area contributed by atoms with Crippen molar-refractivity contribution >= 4 is 23.4 Å². The number of amides is 2. The molecule has 4 rings (SSSR count). The fourth-order valence-electron chi connectivity index (χ4n) is 3.60. The second kappa shape index (κ2) is 8.81. The highest BCUT2D eigenvalue weighted by atomic mass is 35.5. The van der Waals surface area contributed by atoms with Gasteiger partial charge >= 0.3 is 0 Å². The molecule has 1 fully saturated rings. The van der Waals surface area contributed by atoms with E-state index in [1.807, 2.05) is 25.1 Å². The van der Waals surface area contributed by atoms with Gasteiger partial charge in [0.1, 0.15) is 11.4 Å². The van der Waals surface area contributed by atoms with E-state index in [-0.39, 0.29) is 11.8 Å². The Morgan fingerprint density at radius 1 is 0.935 bits per heavy atom. The molecule has 1 aromatic heterocycles. The second-order valence-electron chi connectivity index (χ2n) is 7.41. The zero-order chi connectivity index (χ0) is 22.0. The summed E-state index contributed by atoms with van der Waals surface area (Å²) in [7, 11) is 1.61. The predicted octanol–water partition coefficient (Wildman–Crippen LogP) is 3.44. The van der Waals surface area contributed by atoms with E-state index < -0.39 is 0 Å². The van der Waals surface area contributed by atoms with Gasteiger partial charge < -0.3 is 14.5 Å². The van der Waals surface area contributed by atoms with Gasteiger partial charge in [-0.15, -0.1) is 0 Å². The maximum absolute atomic E-state index is 13.0. The van der Waals surface area contributed by atoms with Gasteiger partial charge in [0.25, 0.3) is 11.8 Å². The van der Waals surface area contributed by atoms with E-state index in [2.05, 4.69) is 5.10 Å². The largest absolute Gasteiger partial charge is 0.494 e. The molecule has 160 valence electrons. The number of nitrogens with zero attached hydrogens (tertiary/aromatic N) is 4. The summed E-state index contributed by atoms with van der Waals surface area (Å²) in [6.07, 6.45) is 1.75. The van der Waals surface area contributed by atoms with Crippen molar-refractivity contribution in [3.63, 3.8) is 0 Å². The summed E-state index contributed by atoms with van der Waals surface area (Å²) in [6.45, 7) is 3.85. The predicted molar refractivity (Wildman–Crippen MR) is 118 cm³/mol. The van der Waals surface area contributed by atoms with E-state index in [0.29, 0.717) is 48.2 Å². The molecule has 7 nitrogen and oxygen atoms in total. The summed E-state index contributed by atoms with van der Waals surface area (Å²) < 4.78 is 7.07. The molecule has 0 aliphatic carbocycles. The average molecular weight is 439 g/mol. The van der Waals surface area contributed by atoms with E-state index in [0.717, 1.165) is 11.3 Å². The van der Waals surface area contributed by atoms with Crippen LogP contribution >= 0.6 is 11.6 Å². The quantitative estimate of drug-likeness (QED) is 0.625. The Morgan fingerprint density at radius 2 is 1.58 bits per heavy atom. The van der Waals surface area contributed by atoms with Gasteiger partial charge in [-0.05, 0) is 55.0 Å². The number of ether oxygens (including phenoxy) is 1. The lowest BCUT2D eigenvalue weighted by molar-refractivity contribution is 0.0532. The molecule has 1 aliphatic rings. The minimum Gasteiger partial charge on any atom is -0.494 e. The van der Waals surface area contributed by atoms with E-state index in [9.17, 15) is 9.59 Å². The summed E-state index contributed by atoms with van der Waals surface area (Å²) >= 11 is 5.90. The van der Waals surface area contributed by atoms with Crippen LogP contribution in [0.15, 0.2) is 54.7 Å². The van der Waals surface area contributed by atoms with Crippen LogP contribution in [0.25, 0.3) is 5.69 Å². The van der Waals surface area contributed by atoms with Crippen LogP contribution in [-0.2, 0) is 0 Å². The van der Waals surface area contributed by atoms with Crippen molar-refractivity contribution in [2.75, 3.05) is 33.3 Å². The zero-order valence-corrected chi connectivity index (χ0v) is 18.2. The molecule has 1 aliphatic heterocycles. The van der Waals surface area contributed by atoms with Gasteiger partial charge in [-0.1, -0.05) is 17.7 Å². The molecule has 3 aromatic rings. The van der Waals surface area contributed by atoms with Crippen molar-refractivity contribution in [1.82, 2.24) is 19.6 Å². The van der Waals surface area contributed by atoms with Gasteiger partial charge in [0, 0.05) is 43.0 Å². The SMILES string of the molecule is COc1ccc(C)cc1-n1ccc(C(=O)N2CCN(C(=O)c3ccc(Cl)cc3)CC2)n1. The fourth-order valence-corrected chi connectivity index (χ4v) is 3.73. The number of hydrogen-bond donors (Lipinski definition) is 0. The number of aromatic nitrogens is 2. The van der Waals surface area contributed by atoms with Gasteiger partial charge in [-0.25, -0.2) is 4.68 Å². The molecule has 1 saturated heterocycles. The molecule has 0 atom stereocenters. The summed E-state index contributed by atoms with van der Waals surface area (Å²) in [5, 5.41) is 5.06. The van der Waals surface area contributed by atoms with Crippen molar-refractivity contribution < 1.29 is 14.3 Å². The molecule has 31 heavy (non-hydrogen) atoms. The molecular formula is C23H23ClN4O3. The third-order valence-electron chi connectivity index (χ3n) is 5.33. The number of halogens is 1. The van der Waals surface area contributed by atoms with Crippen molar-refractivity contribution in [2.24, 2.45) is 0 Å². The summed E-state index contributed by atoms with van der Waals surface area (Å²) in [4.78, 5) is 29.1. The molecule has 0 unspecified atom stereocenters. The van der Waals surface area contributed by atoms with Crippen LogP contribution < -0.4 is 4.74 Å². The molecule has 0 spiro atoms. The number of piperazine rings is 1. The Kier molecular flexibility index (Phi) is 5.95. The molecule has 2 aromatic carbocycles. The van der Waals surface area contributed by atoms with Gasteiger partial charge in [-0.2, -0.15) is 5.10 Å². The van der Waals surface area contributed by atoms with Crippen molar-refractivity contribution in [3.05, 3.63) is 76.6 Å². The zero-order valence-electron chi connectivity index (χ0n) is 17.4. The number of benzene rings is 2. The third-order valence-corrected chi connectivity index (χ3v) is 5.59. The lowest BCUT2D eigenvalue weighted by Gasteiger charge is -2.34. The van der Waals surface area contributed by atoms with Gasteiger partial charge in [0.05, 0.1) is 7.11 Å². The topological polar surface area (TPSA) is 67.7 Å². The van der Waals surface area contributed by atoms with Crippen LogP contribution in [0.1, 0.15) is 26.4 Å². The summed E-state index contributed by atoms with van der Waals surface area (Å²) in [5.41, 5.74) is 2.80. The Balaban J connectivity index is 1.42. The monoisotopic (exact) mass is 438 g/mol. The smallest absolute Gasteiger partial charge is 0.274 e. The maximum Gasteiger partial charge on any atom is 0.274 e. The molecule has 2 heterocycles. The molecule has 2 amide bonds. The van der Waals surface area contributed by atoms with Crippen molar-refractivity contribution in [1.29, 1.82) is 0 Å². The number of hydrogen-bond acceptors (Lipinski definition) is 4. The number of carbonyl (C=O) groups is 2. The van der Waals surface area contributed by atoms with E-state index in [1.54, 1.807) is 58.1 Å². The van der Waals surface area contributed by atoms with E-state index in [4.69, 9.17) is 16.3 Å². The second-order valence-corrected chi connectivity index (χ2v) is 7.85. The first kappa shape index (κ1) is 20.9.